The van der Waals surface area contributed by atoms with Crippen LogP contribution in [0.25, 0.3) is 5.69 Å². The van der Waals surface area contributed by atoms with E-state index in [4.69, 9.17) is 0 Å². The molecule has 0 saturated carbocycles. The van der Waals surface area contributed by atoms with Gasteiger partial charge < -0.3 is 0 Å². The molecule has 1 N–H and O–H groups in total. The van der Waals surface area contributed by atoms with Crippen molar-refractivity contribution in [3.8, 4) is 5.69 Å². The van der Waals surface area contributed by atoms with E-state index in [0.29, 0.717) is 12.0 Å². The maximum absolute atomic E-state index is 13.5. The van der Waals surface area contributed by atoms with Gasteiger partial charge in [-0.15, -0.1) is 0 Å². The summed E-state index contributed by atoms with van der Waals surface area (Å²) >= 11 is 0. The Balaban J connectivity index is 2.67. The summed E-state index contributed by atoms with van der Waals surface area (Å²) in [5, 5.41) is 2.89. The number of para-hydroxylation sites is 1. The van der Waals surface area contributed by atoms with Crippen molar-refractivity contribution >= 4 is 0 Å². The number of H-pyrrole nitrogens is 1. The van der Waals surface area contributed by atoms with Crippen LogP contribution in [0.1, 0.15) is 18.2 Å². The zero-order chi connectivity index (χ0) is 11.7. The average molecular weight is 220 g/mol. The van der Waals surface area contributed by atoms with Crippen LogP contribution < -0.4 is 5.56 Å². The fourth-order valence-corrected chi connectivity index (χ4v) is 1.80. The minimum absolute atomic E-state index is 0.176. The Morgan fingerprint density at radius 1 is 1.38 bits per heavy atom. The number of aromatic amines is 1. The molecule has 3 nitrogen and oxygen atoms in total. The highest BCUT2D eigenvalue weighted by molar-refractivity contribution is 5.34. The van der Waals surface area contributed by atoms with E-state index in [0.717, 1.165) is 5.69 Å². The molecule has 0 bridgehead atoms. The molecule has 0 atom stereocenters. The fraction of sp³-hybridized carbons (Fsp3) is 0.250. The molecule has 1 aromatic heterocycles. The van der Waals surface area contributed by atoms with Crippen molar-refractivity contribution in [2.45, 2.75) is 20.3 Å². The normalized spacial score (nSPS) is 10.7. The molecule has 2 aromatic rings. The second-order valence-corrected chi connectivity index (χ2v) is 3.66. The van der Waals surface area contributed by atoms with E-state index in [1.54, 1.807) is 18.2 Å². The van der Waals surface area contributed by atoms with Crippen molar-refractivity contribution in [1.29, 1.82) is 0 Å². The molecule has 1 heterocycles. The summed E-state index contributed by atoms with van der Waals surface area (Å²) in [5.41, 5.74) is 1.57. The molecule has 0 aliphatic heterocycles. The van der Waals surface area contributed by atoms with Gasteiger partial charge in [-0.2, -0.15) is 0 Å². The lowest BCUT2D eigenvalue weighted by Crippen LogP contribution is -2.18. The number of aryl methyl sites for hydroxylation is 1. The van der Waals surface area contributed by atoms with Gasteiger partial charge in [-0.25, -0.2) is 9.07 Å². The van der Waals surface area contributed by atoms with Gasteiger partial charge in [0.2, 0.25) is 0 Å². The molecule has 1 aromatic carbocycles. The maximum Gasteiger partial charge on any atom is 0.274 e. The molecule has 4 heteroatoms. The van der Waals surface area contributed by atoms with Crippen LogP contribution in [0.15, 0.2) is 29.1 Å². The van der Waals surface area contributed by atoms with Crippen molar-refractivity contribution in [2.24, 2.45) is 0 Å². The van der Waals surface area contributed by atoms with Crippen molar-refractivity contribution < 1.29 is 4.39 Å². The van der Waals surface area contributed by atoms with Crippen LogP contribution in [0.4, 0.5) is 4.39 Å². The minimum Gasteiger partial charge on any atom is -0.295 e. The van der Waals surface area contributed by atoms with Gasteiger partial charge in [-0.1, -0.05) is 19.1 Å². The predicted octanol–water partition coefficient (Wildman–Crippen LogP) is 2.18. The molecule has 0 aliphatic carbocycles. The highest BCUT2D eigenvalue weighted by Crippen LogP contribution is 2.11. The molecule has 16 heavy (non-hydrogen) atoms. The van der Waals surface area contributed by atoms with Gasteiger partial charge in [-0.3, -0.25) is 9.89 Å². The minimum atomic E-state index is -0.409. The lowest BCUT2D eigenvalue weighted by molar-refractivity contribution is 0.607. The quantitative estimate of drug-likeness (QED) is 0.827. The number of halogens is 1. The molecule has 0 radical (unpaired) electrons. The Morgan fingerprint density at radius 2 is 2.06 bits per heavy atom. The smallest absolute Gasteiger partial charge is 0.274 e. The number of benzene rings is 1. The summed E-state index contributed by atoms with van der Waals surface area (Å²) in [6, 6.07) is 6.21. The van der Waals surface area contributed by atoms with Crippen molar-refractivity contribution in [1.82, 2.24) is 9.78 Å². The molecule has 0 amide bonds. The molecule has 84 valence electrons. The summed E-state index contributed by atoms with van der Waals surface area (Å²) in [4.78, 5) is 11.9. The summed E-state index contributed by atoms with van der Waals surface area (Å²) in [7, 11) is 0. The Kier molecular flexibility index (Phi) is 2.64. The molecular formula is C12H13FN2O. The first-order valence-corrected chi connectivity index (χ1v) is 5.20. The zero-order valence-corrected chi connectivity index (χ0v) is 9.25. The van der Waals surface area contributed by atoms with E-state index in [9.17, 15) is 9.18 Å². The first-order chi connectivity index (χ1) is 7.65. The van der Waals surface area contributed by atoms with Crippen LogP contribution in [-0.2, 0) is 6.42 Å². The highest BCUT2D eigenvalue weighted by atomic mass is 19.1. The number of nitrogens with zero attached hydrogens (tertiary/aromatic N) is 1. The van der Waals surface area contributed by atoms with Crippen molar-refractivity contribution in [3.05, 3.63) is 51.7 Å². The second-order valence-electron chi connectivity index (χ2n) is 3.66. The number of hydrogen-bond acceptors (Lipinski definition) is 1. The van der Waals surface area contributed by atoms with Gasteiger partial charge in [0.25, 0.3) is 5.56 Å². The largest absolute Gasteiger partial charge is 0.295 e. The van der Waals surface area contributed by atoms with Gasteiger partial charge in [0.1, 0.15) is 11.5 Å². The van der Waals surface area contributed by atoms with Crippen molar-refractivity contribution in [3.63, 3.8) is 0 Å². The van der Waals surface area contributed by atoms with Gasteiger partial charge in [0.05, 0.1) is 0 Å². The molecule has 0 unspecified atom stereocenters. The first-order valence-electron chi connectivity index (χ1n) is 5.20. The fourth-order valence-electron chi connectivity index (χ4n) is 1.80. The van der Waals surface area contributed by atoms with Gasteiger partial charge in [-0.05, 0) is 25.5 Å². The van der Waals surface area contributed by atoms with Crippen LogP contribution in [0.3, 0.4) is 0 Å². The summed E-state index contributed by atoms with van der Waals surface area (Å²) in [6.07, 6.45) is 0.641. The second kappa shape index (κ2) is 3.96. The third-order valence-corrected chi connectivity index (χ3v) is 2.64. The molecule has 0 saturated heterocycles. The Hall–Kier alpha value is -1.84. The summed E-state index contributed by atoms with van der Waals surface area (Å²) in [5.74, 6) is -0.409. The predicted molar refractivity (Wildman–Crippen MR) is 60.5 cm³/mol. The van der Waals surface area contributed by atoms with Crippen LogP contribution in [0.5, 0.6) is 0 Å². The van der Waals surface area contributed by atoms with E-state index in [2.05, 4.69) is 5.10 Å². The van der Waals surface area contributed by atoms with E-state index in [1.165, 1.54) is 10.7 Å². The Bertz CT molecular complexity index is 569. The average Bonchev–Trinajstić information content (AvgIpc) is 2.55. The number of nitrogens with one attached hydrogen (secondary N) is 1. The van der Waals surface area contributed by atoms with Gasteiger partial charge in [0, 0.05) is 11.3 Å². The Labute approximate surface area is 92.5 Å². The van der Waals surface area contributed by atoms with Gasteiger partial charge >= 0.3 is 0 Å². The van der Waals surface area contributed by atoms with E-state index in [1.807, 2.05) is 13.8 Å². The molecule has 0 spiro atoms. The van der Waals surface area contributed by atoms with E-state index < -0.39 is 5.82 Å². The lowest BCUT2D eigenvalue weighted by atomic mass is 10.2. The third kappa shape index (κ3) is 1.56. The van der Waals surface area contributed by atoms with Crippen LogP contribution in [0.2, 0.25) is 0 Å². The Morgan fingerprint density at radius 3 is 2.62 bits per heavy atom. The topological polar surface area (TPSA) is 37.8 Å². The molecule has 2 rings (SSSR count). The van der Waals surface area contributed by atoms with Crippen LogP contribution >= 0.6 is 0 Å². The number of hydrogen-bond donors (Lipinski definition) is 1. The monoisotopic (exact) mass is 220 g/mol. The third-order valence-electron chi connectivity index (χ3n) is 2.64. The molecule has 0 aliphatic rings. The number of aromatic nitrogens is 2. The summed E-state index contributed by atoms with van der Waals surface area (Å²) in [6.45, 7) is 3.72. The zero-order valence-electron chi connectivity index (χ0n) is 9.25. The number of rotatable bonds is 2. The van der Waals surface area contributed by atoms with Crippen molar-refractivity contribution in [2.75, 3.05) is 0 Å². The van der Waals surface area contributed by atoms with E-state index >= 15 is 0 Å². The van der Waals surface area contributed by atoms with Crippen LogP contribution in [-0.4, -0.2) is 9.78 Å². The first kappa shape index (κ1) is 10.7. The van der Waals surface area contributed by atoms with Crippen LogP contribution in [0, 0.1) is 12.7 Å². The highest BCUT2D eigenvalue weighted by Gasteiger charge is 2.12. The molecular weight excluding hydrogens is 207 g/mol. The SMILES string of the molecule is CCc1c(C)[nH]n(-c2ccccc2F)c1=O. The summed E-state index contributed by atoms with van der Waals surface area (Å²) < 4.78 is 14.8. The standard InChI is InChI=1S/C12H13FN2O/c1-3-9-8(2)14-15(12(9)16)11-7-5-4-6-10(11)13/h4-7,14H,3H2,1-2H3. The lowest BCUT2D eigenvalue weighted by Gasteiger charge is -2.02. The maximum atomic E-state index is 13.5. The van der Waals surface area contributed by atoms with E-state index in [-0.39, 0.29) is 11.2 Å². The molecule has 0 fully saturated rings. The van der Waals surface area contributed by atoms with Gasteiger partial charge in [0.15, 0.2) is 0 Å².